The van der Waals surface area contributed by atoms with Crippen LogP contribution < -0.4 is 5.73 Å². The van der Waals surface area contributed by atoms with Crippen LogP contribution in [0.5, 0.6) is 0 Å². The molecule has 0 aromatic heterocycles. The number of hydrogen-bond acceptors (Lipinski definition) is 2. The Balaban J connectivity index is 2.72. The fourth-order valence-electron chi connectivity index (χ4n) is 2.28. The van der Waals surface area contributed by atoms with Crippen LogP contribution in [0.3, 0.4) is 0 Å². The molecule has 3 nitrogen and oxygen atoms in total. The third-order valence-corrected chi connectivity index (χ3v) is 3.48. The second kappa shape index (κ2) is 4.78. The van der Waals surface area contributed by atoms with Gasteiger partial charge in [0.05, 0.1) is 5.41 Å². The number of carbonyl (C=O) groups excluding carboxylic acids is 1. The molecule has 0 spiro atoms. The first-order valence-electron chi connectivity index (χ1n) is 5.62. The summed E-state index contributed by atoms with van der Waals surface area (Å²) in [5, 5.41) is 0. The second-order valence-corrected chi connectivity index (χ2v) is 4.36. The van der Waals surface area contributed by atoms with Gasteiger partial charge in [0.2, 0.25) is 5.91 Å². The van der Waals surface area contributed by atoms with Gasteiger partial charge >= 0.3 is 0 Å². The number of amides is 1. The molecule has 0 heterocycles. The quantitative estimate of drug-likeness (QED) is 0.744. The zero-order chi connectivity index (χ0) is 10.6. The lowest BCUT2D eigenvalue weighted by molar-refractivity contribution is -0.142. The largest absolute Gasteiger partial charge is 0.346 e. The summed E-state index contributed by atoms with van der Waals surface area (Å²) >= 11 is 0. The average Bonchev–Trinajstić information content (AvgIpc) is 2.28. The summed E-state index contributed by atoms with van der Waals surface area (Å²) in [5.74, 6) is 0.252. The molecule has 0 bridgehead atoms. The zero-order valence-electron chi connectivity index (χ0n) is 9.38. The van der Waals surface area contributed by atoms with Crippen molar-refractivity contribution in [1.29, 1.82) is 0 Å². The van der Waals surface area contributed by atoms with Crippen LogP contribution in [0.2, 0.25) is 0 Å². The van der Waals surface area contributed by atoms with Crippen LogP contribution in [0.25, 0.3) is 0 Å². The zero-order valence-corrected chi connectivity index (χ0v) is 9.38. The van der Waals surface area contributed by atoms with Gasteiger partial charge in [-0.3, -0.25) is 4.79 Å². The average molecular weight is 198 g/mol. The van der Waals surface area contributed by atoms with E-state index in [1.807, 2.05) is 14.0 Å². The highest BCUT2D eigenvalue weighted by Gasteiger charge is 2.39. The van der Waals surface area contributed by atoms with Crippen LogP contribution in [-0.2, 0) is 4.79 Å². The van der Waals surface area contributed by atoms with Crippen LogP contribution >= 0.6 is 0 Å². The third-order valence-electron chi connectivity index (χ3n) is 3.48. The molecular formula is C11H22N2O. The van der Waals surface area contributed by atoms with Crippen molar-refractivity contribution in [3.8, 4) is 0 Å². The van der Waals surface area contributed by atoms with Gasteiger partial charge < -0.3 is 10.6 Å². The van der Waals surface area contributed by atoms with Crippen LogP contribution in [0, 0.1) is 5.41 Å². The SMILES string of the molecule is CCN(C)C(=O)C1(CN)CCCCC1. The highest BCUT2D eigenvalue weighted by Crippen LogP contribution is 2.36. The molecule has 0 atom stereocenters. The second-order valence-electron chi connectivity index (χ2n) is 4.36. The van der Waals surface area contributed by atoms with E-state index in [1.54, 1.807) is 4.90 Å². The molecule has 82 valence electrons. The van der Waals surface area contributed by atoms with Crippen molar-refractivity contribution in [1.82, 2.24) is 4.90 Å². The van der Waals surface area contributed by atoms with Crippen molar-refractivity contribution >= 4 is 5.91 Å². The molecule has 0 aromatic rings. The Morgan fingerprint density at radius 2 is 1.93 bits per heavy atom. The molecule has 2 N–H and O–H groups in total. The van der Waals surface area contributed by atoms with Gasteiger partial charge in [-0.05, 0) is 19.8 Å². The van der Waals surface area contributed by atoms with Crippen LogP contribution in [0.1, 0.15) is 39.0 Å². The fraction of sp³-hybridized carbons (Fsp3) is 0.909. The Labute approximate surface area is 86.6 Å². The molecule has 0 saturated heterocycles. The van der Waals surface area contributed by atoms with Crippen molar-refractivity contribution in [3.63, 3.8) is 0 Å². The number of carbonyl (C=O) groups is 1. The number of nitrogens with two attached hydrogens (primary N) is 1. The maximum Gasteiger partial charge on any atom is 0.229 e. The van der Waals surface area contributed by atoms with E-state index in [9.17, 15) is 4.79 Å². The Kier molecular flexibility index (Phi) is 3.93. The molecule has 14 heavy (non-hydrogen) atoms. The van der Waals surface area contributed by atoms with Crippen LogP contribution in [0.15, 0.2) is 0 Å². The number of rotatable bonds is 3. The van der Waals surface area contributed by atoms with E-state index < -0.39 is 0 Å². The van der Waals surface area contributed by atoms with Gasteiger partial charge in [-0.25, -0.2) is 0 Å². The molecule has 1 aliphatic rings. The van der Waals surface area contributed by atoms with E-state index in [2.05, 4.69) is 0 Å². The molecule has 1 amide bonds. The number of nitrogens with zero attached hydrogens (tertiary/aromatic N) is 1. The van der Waals surface area contributed by atoms with Gasteiger partial charge in [-0.1, -0.05) is 19.3 Å². The standard InChI is InChI=1S/C11H22N2O/c1-3-13(2)10(14)11(9-12)7-5-4-6-8-11/h3-9,12H2,1-2H3. The lowest BCUT2D eigenvalue weighted by atomic mass is 9.73. The van der Waals surface area contributed by atoms with Gasteiger partial charge in [-0.15, -0.1) is 0 Å². The minimum atomic E-state index is -0.233. The van der Waals surface area contributed by atoms with E-state index >= 15 is 0 Å². The summed E-state index contributed by atoms with van der Waals surface area (Å²) < 4.78 is 0. The normalized spacial score (nSPS) is 20.5. The van der Waals surface area contributed by atoms with Gasteiger partial charge in [0, 0.05) is 20.1 Å². The molecule has 0 aromatic carbocycles. The highest BCUT2D eigenvalue weighted by molar-refractivity contribution is 5.82. The fourth-order valence-corrected chi connectivity index (χ4v) is 2.28. The van der Waals surface area contributed by atoms with Gasteiger partial charge in [-0.2, -0.15) is 0 Å². The molecule has 0 aliphatic heterocycles. The lowest BCUT2D eigenvalue weighted by Gasteiger charge is -2.37. The summed E-state index contributed by atoms with van der Waals surface area (Å²) in [5.41, 5.74) is 5.55. The van der Waals surface area contributed by atoms with Crippen molar-refractivity contribution in [2.75, 3.05) is 20.1 Å². The Hall–Kier alpha value is -0.570. The van der Waals surface area contributed by atoms with Crippen LogP contribution in [0.4, 0.5) is 0 Å². The highest BCUT2D eigenvalue weighted by atomic mass is 16.2. The predicted octanol–water partition coefficient (Wildman–Crippen LogP) is 1.37. The van der Waals surface area contributed by atoms with E-state index in [0.29, 0.717) is 6.54 Å². The third kappa shape index (κ3) is 2.08. The van der Waals surface area contributed by atoms with Crippen molar-refractivity contribution in [2.45, 2.75) is 39.0 Å². The van der Waals surface area contributed by atoms with Crippen molar-refractivity contribution < 1.29 is 4.79 Å². The van der Waals surface area contributed by atoms with Crippen molar-refractivity contribution in [2.24, 2.45) is 11.1 Å². The predicted molar refractivity (Wildman–Crippen MR) is 57.9 cm³/mol. The summed E-state index contributed by atoms with van der Waals surface area (Å²) in [6.07, 6.45) is 5.52. The first-order valence-corrected chi connectivity index (χ1v) is 5.62. The molecule has 1 aliphatic carbocycles. The maximum absolute atomic E-state index is 12.1. The van der Waals surface area contributed by atoms with Gasteiger partial charge in [0.1, 0.15) is 0 Å². The van der Waals surface area contributed by atoms with E-state index in [4.69, 9.17) is 5.73 Å². The van der Waals surface area contributed by atoms with Gasteiger partial charge in [0.15, 0.2) is 0 Å². The van der Waals surface area contributed by atoms with E-state index in [0.717, 1.165) is 32.2 Å². The first-order chi connectivity index (χ1) is 6.66. The molecule has 1 fully saturated rings. The Morgan fingerprint density at radius 1 is 1.36 bits per heavy atom. The monoisotopic (exact) mass is 198 g/mol. The molecule has 0 radical (unpaired) electrons. The Morgan fingerprint density at radius 3 is 2.36 bits per heavy atom. The van der Waals surface area contributed by atoms with Crippen LogP contribution in [-0.4, -0.2) is 30.9 Å². The number of hydrogen-bond donors (Lipinski definition) is 1. The topological polar surface area (TPSA) is 46.3 Å². The molecular weight excluding hydrogens is 176 g/mol. The Bertz CT molecular complexity index is 197. The minimum Gasteiger partial charge on any atom is -0.346 e. The summed E-state index contributed by atoms with van der Waals surface area (Å²) in [4.78, 5) is 13.9. The lowest BCUT2D eigenvalue weighted by Crippen LogP contribution is -2.47. The summed E-state index contributed by atoms with van der Waals surface area (Å²) in [7, 11) is 1.87. The molecule has 3 heteroatoms. The summed E-state index contributed by atoms with van der Waals surface area (Å²) in [6, 6.07) is 0. The van der Waals surface area contributed by atoms with E-state index in [-0.39, 0.29) is 11.3 Å². The summed E-state index contributed by atoms with van der Waals surface area (Å²) in [6.45, 7) is 3.29. The smallest absolute Gasteiger partial charge is 0.229 e. The molecule has 0 unspecified atom stereocenters. The molecule has 1 rings (SSSR count). The molecule has 1 saturated carbocycles. The minimum absolute atomic E-state index is 0.233. The van der Waals surface area contributed by atoms with E-state index in [1.165, 1.54) is 6.42 Å². The maximum atomic E-state index is 12.1. The van der Waals surface area contributed by atoms with Crippen molar-refractivity contribution in [3.05, 3.63) is 0 Å². The van der Waals surface area contributed by atoms with Gasteiger partial charge in [0.25, 0.3) is 0 Å². The first kappa shape index (κ1) is 11.5.